The van der Waals surface area contributed by atoms with E-state index in [9.17, 15) is 4.79 Å². The van der Waals surface area contributed by atoms with Gasteiger partial charge in [0.15, 0.2) is 0 Å². The van der Waals surface area contributed by atoms with Crippen LogP contribution >= 0.6 is 0 Å². The lowest BCUT2D eigenvalue weighted by Gasteiger charge is -2.08. The van der Waals surface area contributed by atoms with Crippen molar-refractivity contribution in [3.8, 4) is 11.8 Å². The number of amides is 1. The van der Waals surface area contributed by atoms with Crippen molar-refractivity contribution in [2.24, 2.45) is 5.73 Å². The van der Waals surface area contributed by atoms with Crippen molar-refractivity contribution in [2.75, 3.05) is 11.9 Å². The van der Waals surface area contributed by atoms with Gasteiger partial charge in [0.25, 0.3) is 5.91 Å². The third-order valence-electron chi connectivity index (χ3n) is 2.57. The van der Waals surface area contributed by atoms with E-state index in [0.29, 0.717) is 11.3 Å². The van der Waals surface area contributed by atoms with Gasteiger partial charge >= 0.3 is 0 Å². The van der Waals surface area contributed by atoms with Gasteiger partial charge in [-0.05, 0) is 24.6 Å². The van der Waals surface area contributed by atoms with E-state index in [0.717, 1.165) is 11.1 Å². The third kappa shape index (κ3) is 3.40. The average molecular weight is 266 g/mol. The lowest BCUT2D eigenvalue weighted by molar-refractivity contribution is 0.102. The first-order valence-electron chi connectivity index (χ1n) is 6.06. The zero-order valence-corrected chi connectivity index (χ0v) is 11.1. The number of benzene rings is 1. The fraction of sp³-hybridized carbons (Fsp3) is 0.133. The Morgan fingerprint density at radius 1 is 1.35 bits per heavy atom. The minimum atomic E-state index is -0.273. The molecule has 1 heterocycles. The molecule has 3 N–H and O–H groups in total. The van der Waals surface area contributed by atoms with Crippen molar-refractivity contribution in [2.45, 2.75) is 6.92 Å². The zero-order chi connectivity index (χ0) is 14.4. The lowest BCUT2D eigenvalue weighted by Crippen LogP contribution is -2.13. The minimum Gasteiger partial charge on any atom is -0.321 e. The van der Waals surface area contributed by atoms with Crippen LogP contribution in [0, 0.1) is 18.8 Å². The van der Waals surface area contributed by atoms with Gasteiger partial charge in [-0.3, -0.25) is 4.79 Å². The van der Waals surface area contributed by atoms with Gasteiger partial charge in [0.05, 0.1) is 17.8 Å². The first kappa shape index (κ1) is 13.7. The van der Waals surface area contributed by atoms with Crippen LogP contribution in [-0.2, 0) is 0 Å². The van der Waals surface area contributed by atoms with Crippen LogP contribution in [0.2, 0.25) is 0 Å². The van der Waals surface area contributed by atoms with E-state index in [1.807, 2.05) is 25.1 Å². The summed E-state index contributed by atoms with van der Waals surface area (Å²) < 4.78 is 0. The standard InChI is InChI=1S/C15H14N4O/c1-11-4-5-14(12(7-11)3-2-6-16)19-15(20)13-8-17-10-18-9-13/h4-5,7-10H,6,16H2,1H3,(H,19,20). The number of aromatic nitrogens is 2. The fourth-order valence-electron chi connectivity index (χ4n) is 1.63. The highest BCUT2D eigenvalue weighted by Gasteiger charge is 2.08. The number of carbonyl (C=O) groups excluding carboxylic acids is 1. The van der Waals surface area contributed by atoms with Gasteiger partial charge in [0.2, 0.25) is 0 Å². The molecular formula is C15H14N4O. The summed E-state index contributed by atoms with van der Waals surface area (Å²) in [5, 5.41) is 2.80. The minimum absolute atomic E-state index is 0.272. The van der Waals surface area contributed by atoms with Crippen molar-refractivity contribution in [3.05, 3.63) is 53.6 Å². The number of rotatable bonds is 2. The molecule has 20 heavy (non-hydrogen) atoms. The summed E-state index contributed by atoms with van der Waals surface area (Å²) in [6.45, 7) is 2.23. The Balaban J connectivity index is 2.27. The molecule has 1 aromatic heterocycles. The number of anilines is 1. The Bertz CT molecular complexity index is 671. The molecule has 0 aliphatic carbocycles. The highest BCUT2D eigenvalue weighted by molar-refractivity contribution is 6.04. The number of carbonyl (C=O) groups is 1. The highest BCUT2D eigenvalue weighted by atomic mass is 16.1. The molecule has 0 unspecified atom stereocenters. The first-order chi connectivity index (χ1) is 9.70. The Kier molecular flexibility index (Phi) is 4.43. The topological polar surface area (TPSA) is 80.9 Å². The monoisotopic (exact) mass is 266 g/mol. The van der Waals surface area contributed by atoms with E-state index in [1.165, 1.54) is 18.7 Å². The van der Waals surface area contributed by atoms with Gasteiger partial charge in [-0.1, -0.05) is 17.9 Å². The summed E-state index contributed by atoms with van der Waals surface area (Å²) in [7, 11) is 0. The van der Waals surface area contributed by atoms with Gasteiger partial charge in [0, 0.05) is 18.0 Å². The van der Waals surface area contributed by atoms with Crippen LogP contribution in [0.4, 0.5) is 5.69 Å². The predicted molar refractivity (Wildman–Crippen MR) is 77.1 cm³/mol. The maximum Gasteiger partial charge on any atom is 0.258 e. The van der Waals surface area contributed by atoms with E-state index in [1.54, 1.807) is 0 Å². The van der Waals surface area contributed by atoms with Crippen molar-refractivity contribution < 1.29 is 4.79 Å². The lowest BCUT2D eigenvalue weighted by atomic mass is 10.1. The Morgan fingerprint density at radius 3 is 2.80 bits per heavy atom. The van der Waals surface area contributed by atoms with Crippen LogP contribution in [0.15, 0.2) is 36.9 Å². The molecule has 0 aliphatic rings. The Morgan fingerprint density at radius 2 is 2.10 bits per heavy atom. The van der Waals surface area contributed by atoms with Crippen LogP contribution in [0.25, 0.3) is 0 Å². The second-order valence-corrected chi connectivity index (χ2v) is 4.14. The molecule has 5 heteroatoms. The number of hydrogen-bond acceptors (Lipinski definition) is 4. The highest BCUT2D eigenvalue weighted by Crippen LogP contribution is 2.17. The number of nitrogens with one attached hydrogen (secondary N) is 1. The summed E-state index contributed by atoms with van der Waals surface area (Å²) >= 11 is 0. The summed E-state index contributed by atoms with van der Waals surface area (Å²) in [5.74, 6) is 5.46. The van der Waals surface area contributed by atoms with E-state index >= 15 is 0 Å². The van der Waals surface area contributed by atoms with Crippen LogP contribution in [0.3, 0.4) is 0 Å². The molecule has 5 nitrogen and oxygen atoms in total. The van der Waals surface area contributed by atoms with Gasteiger partial charge < -0.3 is 11.1 Å². The maximum atomic E-state index is 12.1. The molecule has 2 rings (SSSR count). The fourth-order valence-corrected chi connectivity index (χ4v) is 1.63. The molecule has 0 bridgehead atoms. The molecule has 0 saturated heterocycles. The average Bonchev–Trinajstić information content (AvgIpc) is 2.48. The van der Waals surface area contributed by atoms with Crippen molar-refractivity contribution in [1.82, 2.24) is 9.97 Å². The predicted octanol–water partition coefficient (Wildman–Crippen LogP) is 1.35. The molecule has 0 radical (unpaired) electrons. The van der Waals surface area contributed by atoms with Gasteiger partial charge in [-0.25, -0.2) is 9.97 Å². The SMILES string of the molecule is Cc1ccc(NC(=O)c2cncnc2)c(C#CCN)c1. The number of hydrogen-bond donors (Lipinski definition) is 2. The van der Waals surface area contributed by atoms with E-state index in [4.69, 9.17) is 5.73 Å². The van der Waals surface area contributed by atoms with Crippen LogP contribution < -0.4 is 11.1 Å². The largest absolute Gasteiger partial charge is 0.321 e. The first-order valence-corrected chi connectivity index (χ1v) is 6.06. The molecule has 2 aromatic rings. The molecule has 0 fully saturated rings. The van der Waals surface area contributed by atoms with Crippen LogP contribution in [0.1, 0.15) is 21.5 Å². The number of nitrogens with zero attached hydrogens (tertiary/aromatic N) is 2. The third-order valence-corrected chi connectivity index (χ3v) is 2.57. The van der Waals surface area contributed by atoms with Gasteiger partial charge in [0.1, 0.15) is 6.33 Å². The van der Waals surface area contributed by atoms with E-state index < -0.39 is 0 Å². The normalized spacial score (nSPS) is 9.50. The number of nitrogens with two attached hydrogens (primary N) is 1. The van der Waals surface area contributed by atoms with Gasteiger partial charge in [-0.2, -0.15) is 0 Å². The quantitative estimate of drug-likeness (QED) is 0.804. The Labute approximate surface area is 117 Å². The molecule has 1 aromatic carbocycles. The smallest absolute Gasteiger partial charge is 0.258 e. The summed E-state index contributed by atoms with van der Waals surface area (Å²) in [6.07, 6.45) is 4.30. The summed E-state index contributed by atoms with van der Waals surface area (Å²) in [5.41, 5.74) is 8.22. The molecular weight excluding hydrogens is 252 g/mol. The van der Waals surface area contributed by atoms with E-state index in [-0.39, 0.29) is 12.5 Å². The van der Waals surface area contributed by atoms with Crippen molar-refractivity contribution >= 4 is 11.6 Å². The maximum absolute atomic E-state index is 12.1. The Hall–Kier alpha value is -2.71. The summed E-state index contributed by atoms with van der Waals surface area (Å²) in [6, 6.07) is 5.63. The molecule has 0 atom stereocenters. The zero-order valence-electron chi connectivity index (χ0n) is 11.1. The van der Waals surface area contributed by atoms with Crippen LogP contribution in [-0.4, -0.2) is 22.4 Å². The van der Waals surface area contributed by atoms with E-state index in [2.05, 4.69) is 27.1 Å². The molecule has 0 aliphatic heterocycles. The second kappa shape index (κ2) is 6.45. The molecule has 1 amide bonds. The molecule has 0 spiro atoms. The molecule has 100 valence electrons. The molecule has 0 saturated carbocycles. The number of aryl methyl sites for hydroxylation is 1. The van der Waals surface area contributed by atoms with Crippen molar-refractivity contribution in [1.29, 1.82) is 0 Å². The van der Waals surface area contributed by atoms with Crippen LogP contribution in [0.5, 0.6) is 0 Å². The van der Waals surface area contributed by atoms with Gasteiger partial charge in [-0.15, -0.1) is 0 Å². The second-order valence-electron chi connectivity index (χ2n) is 4.14. The van der Waals surface area contributed by atoms with Crippen molar-refractivity contribution in [3.63, 3.8) is 0 Å². The summed E-state index contributed by atoms with van der Waals surface area (Å²) in [4.78, 5) is 19.7.